The highest BCUT2D eigenvalue weighted by Gasteiger charge is 2.34. The first-order valence-corrected chi connectivity index (χ1v) is 15.6. The van der Waals surface area contributed by atoms with Crippen LogP contribution in [0.25, 0.3) is 0 Å². The van der Waals surface area contributed by atoms with Crippen LogP contribution in [-0.4, -0.2) is 43.8 Å². The van der Waals surface area contributed by atoms with Crippen LogP contribution >= 0.6 is 11.6 Å². The first kappa shape index (κ1) is 30.5. The number of anilines is 1. The number of benzene rings is 3. The summed E-state index contributed by atoms with van der Waals surface area (Å²) in [7, 11) is -4.26. The Morgan fingerprint density at radius 1 is 1.02 bits per heavy atom. The van der Waals surface area contributed by atoms with Gasteiger partial charge in [0.15, 0.2) is 0 Å². The zero-order chi connectivity index (χ0) is 29.6. The van der Waals surface area contributed by atoms with Gasteiger partial charge >= 0.3 is 0 Å². The largest absolute Gasteiger partial charge is 0.352 e. The molecule has 41 heavy (non-hydrogen) atoms. The smallest absolute Gasteiger partial charge is 0.264 e. The fraction of sp³-hybridized carbons (Fsp3) is 0.355. The van der Waals surface area contributed by atoms with Crippen LogP contribution in [-0.2, 0) is 26.2 Å². The van der Waals surface area contributed by atoms with Crippen molar-refractivity contribution in [2.24, 2.45) is 0 Å². The summed E-state index contributed by atoms with van der Waals surface area (Å²) >= 11 is 6.02. The van der Waals surface area contributed by atoms with Crippen LogP contribution in [0.3, 0.4) is 0 Å². The fourth-order valence-electron chi connectivity index (χ4n) is 5.07. The van der Waals surface area contributed by atoms with Crippen molar-refractivity contribution in [1.82, 2.24) is 10.2 Å². The molecule has 0 unspecified atom stereocenters. The number of carbonyl (C=O) groups is 2. The molecule has 1 atom stereocenters. The number of amides is 2. The lowest BCUT2D eigenvalue weighted by molar-refractivity contribution is -0.140. The van der Waals surface area contributed by atoms with E-state index in [-0.39, 0.29) is 34.1 Å². The molecule has 10 heteroatoms. The number of hydrogen-bond donors (Lipinski definition) is 1. The lowest BCUT2D eigenvalue weighted by Crippen LogP contribution is -2.53. The summed E-state index contributed by atoms with van der Waals surface area (Å²) in [5.41, 5.74) is 1.89. The number of nitrogens with zero attached hydrogens (tertiary/aromatic N) is 2. The molecule has 218 valence electrons. The van der Waals surface area contributed by atoms with E-state index < -0.39 is 34.3 Å². The summed E-state index contributed by atoms with van der Waals surface area (Å²) in [5.74, 6) is -1.55. The number of hydrogen-bond acceptors (Lipinski definition) is 4. The minimum absolute atomic E-state index is 0.0346. The van der Waals surface area contributed by atoms with Crippen molar-refractivity contribution in [2.75, 3.05) is 10.8 Å². The molecule has 1 N–H and O–H groups in total. The molecule has 7 nitrogen and oxygen atoms in total. The topological polar surface area (TPSA) is 86.8 Å². The van der Waals surface area contributed by atoms with E-state index in [4.69, 9.17) is 11.6 Å². The number of halogens is 2. The van der Waals surface area contributed by atoms with Crippen LogP contribution in [0, 0.1) is 12.7 Å². The zero-order valence-corrected chi connectivity index (χ0v) is 24.8. The van der Waals surface area contributed by atoms with E-state index in [1.165, 1.54) is 29.2 Å². The van der Waals surface area contributed by atoms with E-state index in [9.17, 15) is 22.4 Å². The zero-order valence-electron chi connectivity index (χ0n) is 23.2. The highest BCUT2D eigenvalue weighted by Crippen LogP contribution is 2.28. The molecule has 0 aliphatic heterocycles. The molecular formula is C31H35ClFN3O4S. The van der Waals surface area contributed by atoms with E-state index in [0.29, 0.717) is 6.42 Å². The molecule has 3 aromatic carbocycles. The summed E-state index contributed by atoms with van der Waals surface area (Å²) in [4.78, 5) is 29.0. The Hall–Kier alpha value is -3.43. The summed E-state index contributed by atoms with van der Waals surface area (Å²) in [6.07, 6.45) is 4.20. The van der Waals surface area contributed by atoms with Gasteiger partial charge < -0.3 is 10.2 Å². The third kappa shape index (κ3) is 7.45. The van der Waals surface area contributed by atoms with Gasteiger partial charge in [-0.15, -0.1) is 0 Å². The van der Waals surface area contributed by atoms with E-state index in [1.54, 1.807) is 18.2 Å². The Kier molecular flexibility index (Phi) is 10.0. The third-order valence-electron chi connectivity index (χ3n) is 7.36. The second-order valence-electron chi connectivity index (χ2n) is 10.3. The fourth-order valence-corrected chi connectivity index (χ4v) is 6.67. The molecule has 0 aromatic heterocycles. The van der Waals surface area contributed by atoms with Crippen molar-refractivity contribution >= 4 is 39.1 Å². The first-order chi connectivity index (χ1) is 19.6. The maximum atomic E-state index is 14.1. The molecule has 0 radical (unpaired) electrons. The highest BCUT2D eigenvalue weighted by atomic mass is 35.5. The molecule has 0 saturated heterocycles. The lowest BCUT2D eigenvalue weighted by atomic mass is 10.1. The SMILES string of the molecule is CC[C@H](C(=O)NC1CCCC1)N(Cc1ccc(C)cc1)C(=O)CN(c1ccc(F)c(Cl)c1)S(=O)(=O)c1ccccc1. The highest BCUT2D eigenvalue weighted by molar-refractivity contribution is 7.92. The molecule has 0 bridgehead atoms. The predicted octanol–water partition coefficient (Wildman–Crippen LogP) is 5.85. The van der Waals surface area contributed by atoms with Crippen LogP contribution in [0.4, 0.5) is 10.1 Å². The van der Waals surface area contributed by atoms with Gasteiger partial charge in [-0.2, -0.15) is 0 Å². The van der Waals surface area contributed by atoms with Crippen molar-refractivity contribution in [3.8, 4) is 0 Å². The summed E-state index contributed by atoms with van der Waals surface area (Å²) in [6, 6.07) is 18.0. The maximum Gasteiger partial charge on any atom is 0.264 e. The van der Waals surface area contributed by atoms with Crippen molar-refractivity contribution < 1.29 is 22.4 Å². The Morgan fingerprint density at radius 3 is 2.29 bits per heavy atom. The lowest BCUT2D eigenvalue weighted by Gasteiger charge is -2.33. The Morgan fingerprint density at radius 2 is 1.68 bits per heavy atom. The van der Waals surface area contributed by atoms with Gasteiger partial charge in [0.1, 0.15) is 18.4 Å². The van der Waals surface area contributed by atoms with Crippen molar-refractivity contribution in [1.29, 1.82) is 0 Å². The number of aryl methyl sites for hydroxylation is 1. The molecule has 3 aromatic rings. The van der Waals surface area contributed by atoms with E-state index in [0.717, 1.165) is 47.2 Å². The van der Waals surface area contributed by atoms with Gasteiger partial charge in [-0.25, -0.2) is 12.8 Å². The van der Waals surface area contributed by atoms with Crippen molar-refractivity contribution in [3.05, 3.63) is 94.8 Å². The van der Waals surface area contributed by atoms with Crippen LogP contribution in [0.15, 0.2) is 77.7 Å². The number of carbonyl (C=O) groups excluding carboxylic acids is 2. The van der Waals surface area contributed by atoms with Gasteiger partial charge in [0.25, 0.3) is 10.0 Å². The van der Waals surface area contributed by atoms with Gasteiger partial charge in [-0.3, -0.25) is 13.9 Å². The van der Waals surface area contributed by atoms with Crippen LogP contribution in [0.1, 0.15) is 50.2 Å². The number of rotatable bonds is 11. The molecule has 1 fully saturated rings. The van der Waals surface area contributed by atoms with E-state index >= 15 is 0 Å². The summed E-state index contributed by atoms with van der Waals surface area (Å²) < 4.78 is 42.6. The molecule has 1 saturated carbocycles. The molecule has 4 rings (SSSR count). The van der Waals surface area contributed by atoms with E-state index in [2.05, 4.69) is 5.32 Å². The standard InChI is InChI=1S/C31H35ClFN3O4S/c1-3-29(31(38)34-24-9-7-8-10-24)35(20-23-15-13-22(2)14-16-23)30(37)21-36(25-17-18-28(33)27(32)19-25)41(39,40)26-11-5-4-6-12-26/h4-6,11-19,24,29H,3,7-10,20-21H2,1-2H3,(H,34,38)/t29-/m1/s1. The van der Waals surface area contributed by atoms with Crippen molar-refractivity contribution in [3.63, 3.8) is 0 Å². The van der Waals surface area contributed by atoms with Gasteiger partial charge in [-0.1, -0.05) is 79.4 Å². The predicted molar refractivity (Wildman–Crippen MR) is 159 cm³/mol. The normalized spacial score (nSPS) is 14.4. The van der Waals surface area contributed by atoms with Crippen LogP contribution in [0.2, 0.25) is 5.02 Å². The maximum absolute atomic E-state index is 14.1. The second kappa shape index (κ2) is 13.5. The second-order valence-corrected chi connectivity index (χ2v) is 12.6. The van der Waals surface area contributed by atoms with Crippen LogP contribution < -0.4 is 9.62 Å². The average molecular weight is 600 g/mol. The van der Waals surface area contributed by atoms with E-state index in [1.807, 2.05) is 38.1 Å². The minimum atomic E-state index is -4.26. The molecular weight excluding hydrogens is 565 g/mol. The number of sulfonamides is 1. The first-order valence-electron chi connectivity index (χ1n) is 13.8. The molecule has 0 heterocycles. The average Bonchev–Trinajstić information content (AvgIpc) is 3.47. The monoisotopic (exact) mass is 599 g/mol. The number of nitrogens with one attached hydrogen (secondary N) is 1. The van der Waals surface area contributed by atoms with Gasteiger partial charge in [0, 0.05) is 12.6 Å². The van der Waals surface area contributed by atoms with Crippen molar-refractivity contribution in [2.45, 2.75) is 69.5 Å². The molecule has 2 amide bonds. The Labute approximate surface area is 246 Å². The Balaban J connectivity index is 1.72. The van der Waals surface area contributed by atoms with Gasteiger partial charge in [0.2, 0.25) is 11.8 Å². The molecule has 0 spiro atoms. The van der Waals surface area contributed by atoms with Crippen LogP contribution in [0.5, 0.6) is 0 Å². The summed E-state index contributed by atoms with van der Waals surface area (Å²) in [5, 5.41) is 2.82. The molecule has 1 aliphatic carbocycles. The Bertz CT molecular complexity index is 1460. The quantitative estimate of drug-likeness (QED) is 0.300. The minimum Gasteiger partial charge on any atom is -0.352 e. The third-order valence-corrected chi connectivity index (χ3v) is 9.44. The van der Waals surface area contributed by atoms with Gasteiger partial charge in [0.05, 0.1) is 15.6 Å². The van der Waals surface area contributed by atoms with Gasteiger partial charge in [-0.05, 0) is 62.1 Å². The summed E-state index contributed by atoms with van der Waals surface area (Å²) in [6.45, 7) is 3.28. The molecule has 1 aliphatic rings.